The Morgan fingerprint density at radius 2 is 1.77 bits per heavy atom. The molecular formula is C13H13. The van der Waals surface area contributed by atoms with Crippen LogP contribution < -0.4 is 0 Å². The van der Waals surface area contributed by atoms with Crippen LogP contribution >= 0.6 is 0 Å². The fourth-order valence-electron chi connectivity index (χ4n) is 1.47. The predicted octanol–water partition coefficient (Wildman–Crippen LogP) is 3.76. The zero-order chi connectivity index (χ0) is 9.26. The highest BCUT2D eigenvalue weighted by molar-refractivity contribution is 5.82. The van der Waals surface area contributed by atoms with Crippen LogP contribution in [0.2, 0.25) is 0 Å². The highest BCUT2D eigenvalue weighted by Crippen LogP contribution is 2.19. The maximum Gasteiger partial charge on any atom is -0.00616 e. The van der Waals surface area contributed by atoms with E-state index in [0.717, 1.165) is 0 Å². The van der Waals surface area contributed by atoms with Crippen LogP contribution in [-0.2, 0) is 0 Å². The van der Waals surface area contributed by atoms with Crippen molar-refractivity contribution in [1.82, 2.24) is 0 Å². The molecule has 1 radical (unpaired) electrons. The molecule has 0 amide bonds. The molecule has 2 aromatic carbocycles. The fraction of sp³-hybridized carbons (Fsp3) is 0.231. The molecule has 0 N–H and O–H groups in total. The Morgan fingerprint density at radius 3 is 2.54 bits per heavy atom. The third-order valence-corrected chi connectivity index (χ3v) is 2.30. The number of fused-ring (bicyclic) bond motifs is 1. The fourth-order valence-corrected chi connectivity index (χ4v) is 1.47. The van der Waals surface area contributed by atoms with Crippen molar-refractivity contribution in [2.24, 2.45) is 0 Å². The number of benzene rings is 2. The lowest BCUT2D eigenvalue weighted by molar-refractivity contribution is 0.867. The van der Waals surface area contributed by atoms with Crippen molar-refractivity contribution in [3.8, 4) is 0 Å². The van der Waals surface area contributed by atoms with Crippen LogP contribution in [0.25, 0.3) is 10.8 Å². The molecule has 0 aliphatic heterocycles. The summed E-state index contributed by atoms with van der Waals surface area (Å²) in [6.07, 6.45) is 0. The van der Waals surface area contributed by atoms with Gasteiger partial charge in [-0.1, -0.05) is 50.2 Å². The molecule has 0 unspecified atom stereocenters. The second kappa shape index (κ2) is 3.21. The Labute approximate surface area is 79.2 Å². The van der Waals surface area contributed by atoms with Gasteiger partial charge in [0.1, 0.15) is 0 Å². The van der Waals surface area contributed by atoms with Crippen molar-refractivity contribution in [2.75, 3.05) is 0 Å². The molecule has 0 aliphatic rings. The highest BCUT2D eigenvalue weighted by Gasteiger charge is 1.99. The van der Waals surface area contributed by atoms with Gasteiger partial charge in [0.25, 0.3) is 0 Å². The van der Waals surface area contributed by atoms with E-state index in [2.05, 4.69) is 56.3 Å². The van der Waals surface area contributed by atoms with E-state index >= 15 is 0 Å². The van der Waals surface area contributed by atoms with Gasteiger partial charge in [0.05, 0.1) is 0 Å². The van der Waals surface area contributed by atoms with Crippen molar-refractivity contribution in [1.29, 1.82) is 0 Å². The minimum atomic E-state index is 0.560. The van der Waals surface area contributed by atoms with E-state index in [1.165, 1.54) is 16.3 Å². The normalized spacial score (nSPS) is 11.0. The van der Waals surface area contributed by atoms with Gasteiger partial charge in [-0.15, -0.1) is 0 Å². The standard InChI is InChI=1S/C13H13/c1-10(2)12-8-7-11-5-3-4-6-13(11)9-12/h3-8,10H,1-2H3. The quantitative estimate of drug-likeness (QED) is 0.609. The summed E-state index contributed by atoms with van der Waals surface area (Å²) in [5, 5.41) is 2.49. The molecular weight excluding hydrogens is 156 g/mol. The van der Waals surface area contributed by atoms with Crippen LogP contribution in [0, 0.1) is 6.07 Å². The van der Waals surface area contributed by atoms with Gasteiger partial charge in [0.2, 0.25) is 0 Å². The van der Waals surface area contributed by atoms with Gasteiger partial charge >= 0.3 is 0 Å². The average Bonchev–Trinajstić information content (AvgIpc) is 2.17. The van der Waals surface area contributed by atoms with Crippen LogP contribution in [0.5, 0.6) is 0 Å². The smallest absolute Gasteiger partial charge is 0.00616 e. The van der Waals surface area contributed by atoms with E-state index in [4.69, 9.17) is 0 Å². The Bertz CT molecular complexity index is 413. The predicted molar refractivity (Wildman–Crippen MR) is 56.9 cm³/mol. The molecule has 13 heavy (non-hydrogen) atoms. The molecule has 0 fully saturated rings. The van der Waals surface area contributed by atoms with E-state index < -0.39 is 0 Å². The first kappa shape index (κ1) is 8.31. The lowest BCUT2D eigenvalue weighted by Crippen LogP contribution is -1.86. The molecule has 2 rings (SSSR count). The highest BCUT2D eigenvalue weighted by atomic mass is 14.0. The molecule has 0 heteroatoms. The van der Waals surface area contributed by atoms with E-state index in [9.17, 15) is 0 Å². The van der Waals surface area contributed by atoms with Gasteiger partial charge < -0.3 is 0 Å². The molecule has 0 atom stereocenters. The van der Waals surface area contributed by atoms with Crippen LogP contribution in [0.4, 0.5) is 0 Å². The maximum atomic E-state index is 3.43. The average molecular weight is 169 g/mol. The van der Waals surface area contributed by atoms with Crippen molar-refractivity contribution < 1.29 is 0 Å². The number of rotatable bonds is 1. The Morgan fingerprint density at radius 1 is 1.00 bits per heavy atom. The van der Waals surface area contributed by atoms with Crippen LogP contribution in [-0.4, -0.2) is 0 Å². The Kier molecular flexibility index (Phi) is 2.05. The summed E-state index contributed by atoms with van der Waals surface area (Å²) in [5.41, 5.74) is 1.29. The zero-order valence-corrected chi connectivity index (χ0v) is 8.04. The molecule has 0 bridgehead atoms. The van der Waals surface area contributed by atoms with E-state index in [-0.39, 0.29) is 0 Å². The monoisotopic (exact) mass is 169 g/mol. The molecule has 0 saturated heterocycles. The molecule has 65 valence electrons. The molecule has 0 heterocycles. The van der Waals surface area contributed by atoms with Gasteiger partial charge in [0.15, 0.2) is 0 Å². The van der Waals surface area contributed by atoms with Crippen molar-refractivity contribution in [3.05, 3.63) is 48.0 Å². The van der Waals surface area contributed by atoms with E-state index in [1.807, 2.05) is 0 Å². The van der Waals surface area contributed by atoms with Gasteiger partial charge in [-0.25, -0.2) is 0 Å². The summed E-state index contributed by atoms with van der Waals surface area (Å²) < 4.78 is 0. The Hall–Kier alpha value is -1.30. The topological polar surface area (TPSA) is 0 Å². The second-order valence-corrected chi connectivity index (χ2v) is 3.66. The summed E-state index contributed by atoms with van der Waals surface area (Å²) in [5.74, 6) is 0.560. The SMILES string of the molecule is CC(C)c1[c]c2ccccc2cc1. The minimum absolute atomic E-state index is 0.560. The van der Waals surface area contributed by atoms with Gasteiger partial charge in [-0.3, -0.25) is 0 Å². The number of hydrogen-bond acceptors (Lipinski definition) is 0. The lowest BCUT2D eigenvalue weighted by Gasteiger charge is -2.05. The summed E-state index contributed by atoms with van der Waals surface area (Å²) in [6, 6.07) is 16.1. The van der Waals surface area contributed by atoms with Gasteiger partial charge in [-0.2, -0.15) is 0 Å². The van der Waals surface area contributed by atoms with Crippen molar-refractivity contribution in [2.45, 2.75) is 19.8 Å². The molecule has 0 saturated carbocycles. The third-order valence-electron chi connectivity index (χ3n) is 2.30. The first-order valence-corrected chi connectivity index (χ1v) is 4.68. The first-order valence-electron chi connectivity index (χ1n) is 4.68. The van der Waals surface area contributed by atoms with Crippen LogP contribution in [0.15, 0.2) is 36.4 Å². The summed E-state index contributed by atoms with van der Waals surface area (Å²) >= 11 is 0. The molecule has 0 aromatic heterocycles. The van der Waals surface area contributed by atoms with E-state index in [1.54, 1.807) is 0 Å². The van der Waals surface area contributed by atoms with Crippen molar-refractivity contribution >= 4 is 10.8 Å². The van der Waals surface area contributed by atoms with Crippen molar-refractivity contribution in [3.63, 3.8) is 0 Å². The summed E-state index contributed by atoms with van der Waals surface area (Å²) in [4.78, 5) is 0. The van der Waals surface area contributed by atoms with E-state index in [0.29, 0.717) is 5.92 Å². The lowest BCUT2D eigenvalue weighted by atomic mass is 9.99. The van der Waals surface area contributed by atoms with Crippen LogP contribution in [0.3, 0.4) is 0 Å². The van der Waals surface area contributed by atoms with Gasteiger partial charge in [-0.05, 0) is 28.3 Å². The molecule has 2 aromatic rings. The minimum Gasteiger partial charge on any atom is -0.0616 e. The maximum absolute atomic E-state index is 3.43. The zero-order valence-electron chi connectivity index (χ0n) is 8.04. The van der Waals surface area contributed by atoms with Crippen LogP contribution in [0.1, 0.15) is 25.3 Å². The van der Waals surface area contributed by atoms with Gasteiger partial charge in [0, 0.05) is 0 Å². The first-order chi connectivity index (χ1) is 6.27. The molecule has 0 nitrogen and oxygen atoms in total. The second-order valence-electron chi connectivity index (χ2n) is 3.66. The summed E-state index contributed by atoms with van der Waals surface area (Å²) in [7, 11) is 0. The third kappa shape index (κ3) is 1.57. The number of hydrogen-bond donors (Lipinski definition) is 0. The largest absolute Gasteiger partial charge is 0.0616 e. The molecule has 0 aliphatic carbocycles. The summed E-state index contributed by atoms with van der Waals surface area (Å²) in [6.45, 7) is 4.39. The Balaban J connectivity index is 2.62. The molecule has 0 spiro atoms.